The van der Waals surface area contributed by atoms with Crippen LogP contribution in [0.15, 0.2) is 41.7 Å². The largest absolute Gasteiger partial charge is 0.325 e. The third-order valence-electron chi connectivity index (χ3n) is 4.45. The number of thioether (sulfide) groups is 2. The molecule has 10 heteroatoms. The predicted octanol–water partition coefficient (Wildman–Crippen LogP) is 4.32. The highest BCUT2D eigenvalue weighted by molar-refractivity contribution is 7.99. The molecule has 29 heavy (non-hydrogen) atoms. The van der Waals surface area contributed by atoms with Crippen molar-refractivity contribution in [1.29, 1.82) is 0 Å². The molecule has 0 atom stereocenters. The third-order valence-corrected chi connectivity index (χ3v) is 6.82. The van der Waals surface area contributed by atoms with Crippen LogP contribution in [0.3, 0.4) is 0 Å². The molecule has 1 aliphatic heterocycles. The summed E-state index contributed by atoms with van der Waals surface area (Å²) in [5.74, 6) is 2.47. The maximum absolute atomic E-state index is 12.4. The Balaban J connectivity index is 1.36. The van der Waals surface area contributed by atoms with Crippen LogP contribution in [0.25, 0.3) is 5.65 Å². The molecule has 1 aromatic carbocycles. The molecule has 6 nitrogen and oxygen atoms in total. The van der Waals surface area contributed by atoms with Gasteiger partial charge in [-0.15, -0.1) is 10.2 Å². The Labute approximate surface area is 187 Å². The number of hydrogen-bond donors (Lipinski definition) is 1. The highest BCUT2D eigenvalue weighted by Crippen LogP contribution is 2.25. The van der Waals surface area contributed by atoms with E-state index in [0.29, 0.717) is 20.8 Å². The van der Waals surface area contributed by atoms with Crippen LogP contribution in [0, 0.1) is 0 Å². The second-order valence-corrected chi connectivity index (χ2v) is 9.62. The molecule has 0 bridgehead atoms. The quantitative estimate of drug-likeness (QED) is 0.544. The lowest BCUT2D eigenvalue weighted by molar-refractivity contribution is -0.113. The van der Waals surface area contributed by atoms with Crippen LogP contribution in [-0.2, 0) is 11.3 Å². The number of pyridine rings is 1. The number of anilines is 1. The summed E-state index contributed by atoms with van der Waals surface area (Å²) in [6.45, 7) is 3.13. The smallest absolute Gasteiger partial charge is 0.234 e. The predicted molar refractivity (Wildman–Crippen MR) is 121 cm³/mol. The van der Waals surface area contributed by atoms with E-state index in [1.165, 1.54) is 28.8 Å². The molecular formula is C19H19Cl2N5OS2. The average Bonchev–Trinajstić information content (AvgIpc) is 3.10. The summed E-state index contributed by atoms with van der Waals surface area (Å²) in [6.07, 6.45) is 1.69. The van der Waals surface area contributed by atoms with Gasteiger partial charge in [0.05, 0.1) is 15.8 Å². The zero-order valence-corrected chi connectivity index (χ0v) is 18.6. The lowest BCUT2D eigenvalue weighted by Crippen LogP contribution is -2.31. The van der Waals surface area contributed by atoms with Crippen molar-refractivity contribution in [3.8, 4) is 0 Å². The highest BCUT2D eigenvalue weighted by Gasteiger charge is 2.14. The van der Waals surface area contributed by atoms with Gasteiger partial charge < -0.3 is 5.32 Å². The normalized spacial score (nSPS) is 15.0. The summed E-state index contributed by atoms with van der Waals surface area (Å²) in [6, 6.07) is 9.64. The van der Waals surface area contributed by atoms with Crippen molar-refractivity contribution in [3.63, 3.8) is 0 Å². The zero-order valence-electron chi connectivity index (χ0n) is 15.5. The molecule has 0 spiro atoms. The standard InChI is InChI=1S/C19H19Cl2N5OS2/c20-14-9-16(21)18-23-24-19(26(18)11-14)29-12-17(27)22-15-3-1-2-13(8-15)10-25-4-6-28-7-5-25/h1-3,8-9,11H,4-7,10,12H2,(H,22,27). The number of hydrogen-bond acceptors (Lipinski definition) is 6. The summed E-state index contributed by atoms with van der Waals surface area (Å²) < 4.78 is 1.69. The van der Waals surface area contributed by atoms with Crippen molar-refractivity contribution in [1.82, 2.24) is 19.5 Å². The summed E-state index contributed by atoms with van der Waals surface area (Å²) in [5.41, 5.74) is 2.52. The van der Waals surface area contributed by atoms with E-state index in [0.717, 1.165) is 25.3 Å². The van der Waals surface area contributed by atoms with Crippen LogP contribution in [0.1, 0.15) is 5.56 Å². The van der Waals surface area contributed by atoms with E-state index in [1.54, 1.807) is 16.7 Å². The molecule has 4 rings (SSSR count). The first-order chi connectivity index (χ1) is 14.1. The van der Waals surface area contributed by atoms with E-state index in [2.05, 4.69) is 26.5 Å². The molecule has 3 aromatic rings. The highest BCUT2D eigenvalue weighted by atomic mass is 35.5. The molecule has 1 saturated heterocycles. The van der Waals surface area contributed by atoms with E-state index in [4.69, 9.17) is 23.2 Å². The maximum atomic E-state index is 12.4. The summed E-state index contributed by atoms with van der Waals surface area (Å²) in [4.78, 5) is 14.9. The number of fused-ring (bicyclic) bond motifs is 1. The van der Waals surface area contributed by atoms with Crippen LogP contribution in [-0.4, -0.2) is 55.8 Å². The van der Waals surface area contributed by atoms with E-state index < -0.39 is 0 Å². The van der Waals surface area contributed by atoms with Gasteiger partial charge in [-0.2, -0.15) is 11.8 Å². The Hall–Kier alpha value is -1.45. The van der Waals surface area contributed by atoms with Crippen molar-refractivity contribution in [2.45, 2.75) is 11.7 Å². The minimum Gasteiger partial charge on any atom is -0.325 e. The monoisotopic (exact) mass is 467 g/mol. The number of rotatable bonds is 6. The van der Waals surface area contributed by atoms with E-state index in [1.807, 2.05) is 30.0 Å². The molecule has 0 saturated carbocycles. The zero-order chi connectivity index (χ0) is 20.2. The summed E-state index contributed by atoms with van der Waals surface area (Å²) in [5, 5.41) is 12.6. The summed E-state index contributed by atoms with van der Waals surface area (Å²) >= 11 is 15.5. The van der Waals surface area contributed by atoms with Gasteiger partial charge >= 0.3 is 0 Å². The van der Waals surface area contributed by atoms with Crippen molar-refractivity contribution < 1.29 is 4.79 Å². The van der Waals surface area contributed by atoms with E-state index >= 15 is 0 Å². The molecule has 1 aliphatic rings. The SMILES string of the molecule is O=C(CSc1nnc2c(Cl)cc(Cl)cn12)Nc1cccc(CN2CCSCC2)c1. The van der Waals surface area contributed by atoms with E-state index in [9.17, 15) is 4.79 Å². The minimum atomic E-state index is -0.105. The van der Waals surface area contributed by atoms with Crippen LogP contribution < -0.4 is 5.32 Å². The van der Waals surface area contributed by atoms with Crippen molar-refractivity contribution in [3.05, 3.63) is 52.1 Å². The first-order valence-electron chi connectivity index (χ1n) is 9.10. The van der Waals surface area contributed by atoms with Crippen molar-refractivity contribution in [2.75, 3.05) is 35.7 Å². The first kappa shape index (κ1) is 20.8. The molecular weight excluding hydrogens is 449 g/mol. The van der Waals surface area contributed by atoms with Crippen molar-refractivity contribution >= 4 is 64.0 Å². The number of carbonyl (C=O) groups excluding carboxylic acids is 1. The Morgan fingerprint density at radius 1 is 1.21 bits per heavy atom. The number of carbonyl (C=O) groups is 1. The average molecular weight is 468 g/mol. The second kappa shape index (κ2) is 9.57. The lowest BCUT2D eigenvalue weighted by Gasteiger charge is -2.26. The number of nitrogens with zero attached hydrogens (tertiary/aromatic N) is 4. The van der Waals surface area contributed by atoms with Crippen LogP contribution in [0.2, 0.25) is 10.0 Å². The number of halogens is 2. The molecule has 0 radical (unpaired) electrons. The van der Waals surface area contributed by atoms with Gasteiger partial charge in [0.2, 0.25) is 5.91 Å². The van der Waals surface area contributed by atoms with Crippen LogP contribution >= 0.6 is 46.7 Å². The molecule has 2 aromatic heterocycles. The third kappa shape index (κ3) is 5.38. The topological polar surface area (TPSA) is 62.5 Å². The van der Waals surface area contributed by atoms with Gasteiger partial charge in [0.15, 0.2) is 10.8 Å². The molecule has 0 unspecified atom stereocenters. The Kier molecular flexibility index (Phi) is 6.87. The van der Waals surface area contributed by atoms with Gasteiger partial charge in [0, 0.05) is 43.0 Å². The number of amides is 1. The molecule has 3 heterocycles. The Morgan fingerprint density at radius 2 is 2.03 bits per heavy atom. The molecule has 1 amide bonds. The fraction of sp³-hybridized carbons (Fsp3) is 0.316. The molecule has 1 fully saturated rings. The summed E-state index contributed by atoms with van der Waals surface area (Å²) in [7, 11) is 0. The van der Waals surface area contributed by atoms with Gasteiger partial charge in [0.1, 0.15) is 0 Å². The number of benzene rings is 1. The molecule has 1 N–H and O–H groups in total. The van der Waals surface area contributed by atoms with Gasteiger partial charge in [-0.1, -0.05) is 47.1 Å². The van der Waals surface area contributed by atoms with Crippen LogP contribution in [0.5, 0.6) is 0 Å². The van der Waals surface area contributed by atoms with Gasteiger partial charge in [-0.3, -0.25) is 14.1 Å². The first-order valence-corrected chi connectivity index (χ1v) is 12.0. The van der Waals surface area contributed by atoms with Crippen LogP contribution in [0.4, 0.5) is 5.69 Å². The second-order valence-electron chi connectivity index (χ2n) is 6.61. The van der Waals surface area contributed by atoms with E-state index in [-0.39, 0.29) is 11.7 Å². The lowest BCUT2D eigenvalue weighted by atomic mass is 10.2. The maximum Gasteiger partial charge on any atom is 0.234 e. The number of nitrogens with one attached hydrogen (secondary N) is 1. The van der Waals surface area contributed by atoms with Crippen molar-refractivity contribution in [2.24, 2.45) is 0 Å². The van der Waals surface area contributed by atoms with Gasteiger partial charge in [-0.25, -0.2) is 0 Å². The molecule has 152 valence electrons. The fourth-order valence-corrected chi connectivity index (χ4v) is 5.29. The minimum absolute atomic E-state index is 0.105. The van der Waals surface area contributed by atoms with Gasteiger partial charge in [0.25, 0.3) is 0 Å². The Bertz CT molecular complexity index is 1020. The molecule has 0 aliphatic carbocycles. The number of aromatic nitrogens is 3. The van der Waals surface area contributed by atoms with Gasteiger partial charge in [-0.05, 0) is 23.8 Å². The fourth-order valence-electron chi connectivity index (χ4n) is 3.09. The Morgan fingerprint density at radius 3 is 2.86 bits per heavy atom.